The number of ether oxygens (including phenoxy) is 1. The molecule has 2 unspecified atom stereocenters. The number of halogens is 1. The van der Waals surface area contributed by atoms with Gasteiger partial charge in [0.2, 0.25) is 0 Å². The standard InChI is InChI=1S/C17H27BrN2O/c1-4-19-13(3)16-11-14(18)8-9-17(16)20(5-2)12-15-7-6-10-21-15/h8-9,11,13,15,19H,4-7,10,12H2,1-3H3. The van der Waals surface area contributed by atoms with Gasteiger partial charge in [-0.05, 0) is 57.0 Å². The average molecular weight is 355 g/mol. The van der Waals surface area contributed by atoms with E-state index in [2.05, 4.69) is 65.1 Å². The molecule has 2 rings (SSSR count). The molecule has 2 atom stereocenters. The fourth-order valence-electron chi connectivity index (χ4n) is 3.01. The summed E-state index contributed by atoms with van der Waals surface area (Å²) < 4.78 is 6.95. The van der Waals surface area contributed by atoms with Gasteiger partial charge in [0.05, 0.1) is 6.10 Å². The fourth-order valence-corrected chi connectivity index (χ4v) is 3.39. The third kappa shape index (κ3) is 4.44. The molecule has 1 heterocycles. The van der Waals surface area contributed by atoms with Crippen LogP contribution in [0.15, 0.2) is 22.7 Å². The van der Waals surface area contributed by atoms with Crippen LogP contribution in [0.1, 0.15) is 45.2 Å². The van der Waals surface area contributed by atoms with E-state index in [1.54, 1.807) is 0 Å². The zero-order chi connectivity index (χ0) is 15.2. The smallest absolute Gasteiger partial charge is 0.0750 e. The van der Waals surface area contributed by atoms with Crippen molar-refractivity contribution in [1.29, 1.82) is 0 Å². The van der Waals surface area contributed by atoms with Crippen LogP contribution in [0.4, 0.5) is 5.69 Å². The van der Waals surface area contributed by atoms with Crippen LogP contribution in [0.25, 0.3) is 0 Å². The molecule has 0 amide bonds. The molecular weight excluding hydrogens is 328 g/mol. The Labute approximate surface area is 137 Å². The van der Waals surface area contributed by atoms with Gasteiger partial charge >= 0.3 is 0 Å². The molecule has 1 N–H and O–H groups in total. The maximum absolute atomic E-state index is 5.81. The van der Waals surface area contributed by atoms with Gasteiger partial charge in [-0.2, -0.15) is 0 Å². The second-order valence-corrected chi connectivity index (χ2v) is 6.57. The number of nitrogens with zero attached hydrogens (tertiary/aromatic N) is 1. The largest absolute Gasteiger partial charge is 0.376 e. The number of benzene rings is 1. The molecule has 1 saturated heterocycles. The fraction of sp³-hybridized carbons (Fsp3) is 0.647. The maximum atomic E-state index is 5.81. The predicted molar refractivity (Wildman–Crippen MR) is 93.1 cm³/mol. The SMILES string of the molecule is CCNC(C)c1cc(Br)ccc1N(CC)CC1CCCO1. The summed E-state index contributed by atoms with van der Waals surface area (Å²) in [5.74, 6) is 0. The Hall–Kier alpha value is -0.580. The normalized spacial score (nSPS) is 19.7. The molecule has 0 radical (unpaired) electrons. The van der Waals surface area contributed by atoms with Gasteiger partial charge in [0.15, 0.2) is 0 Å². The second-order valence-electron chi connectivity index (χ2n) is 5.66. The van der Waals surface area contributed by atoms with Gasteiger partial charge < -0.3 is 15.0 Å². The molecule has 0 aromatic heterocycles. The molecule has 0 spiro atoms. The topological polar surface area (TPSA) is 24.5 Å². The zero-order valence-electron chi connectivity index (χ0n) is 13.4. The van der Waals surface area contributed by atoms with Gasteiger partial charge in [0.1, 0.15) is 0 Å². The summed E-state index contributed by atoms with van der Waals surface area (Å²) in [4.78, 5) is 2.45. The van der Waals surface area contributed by atoms with Crippen molar-refractivity contribution in [3.05, 3.63) is 28.2 Å². The van der Waals surface area contributed by atoms with Gasteiger partial charge in [-0.15, -0.1) is 0 Å². The molecule has 0 saturated carbocycles. The molecule has 118 valence electrons. The van der Waals surface area contributed by atoms with E-state index >= 15 is 0 Å². The minimum absolute atomic E-state index is 0.348. The first-order valence-electron chi connectivity index (χ1n) is 8.05. The van der Waals surface area contributed by atoms with Crippen LogP contribution >= 0.6 is 15.9 Å². The van der Waals surface area contributed by atoms with E-state index in [-0.39, 0.29) is 0 Å². The third-order valence-corrected chi connectivity index (χ3v) is 4.63. The average Bonchev–Trinajstić information content (AvgIpc) is 2.98. The summed E-state index contributed by atoms with van der Waals surface area (Å²) in [6, 6.07) is 6.95. The number of anilines is 1. The van der Waals surface area contributed by atoms with E-state index in [9.17, 15) is 0 Å². The van der Waals surface area contributed by atoms with Gasteiger partial charge in [-0.1, -0.05) is 22.9 Å². The quantitative estimate of drug-likeness (QED) is 0.796. The van der Waals surface area contributed by atoms with Crippen LogP contribution < -0.4 is 10.2 Å². The Morgan fingerprint density at radius 3 is 2.86 bits per heavy atom. The van der Waals surface area contributed by atoms with Crippen molar-refractivity contribution in [1.82, 2.24) is 5.32 Å². The predicted octanol–water partition coefficient (Wildman–Crippen LogP) is 4.12. The highest BCUT2D eigenvalue weighted by Crippen LogP contribution is 2.30. The lowest BCUT2D eigenvalue weighted by atomic mass is 10.0. The lowest BCUT2D eigenvalue weighted by molar-refractivity contribution is 0.115. The van der Waals surface area contributed by atoms with Crippen molar-refractivity contribution in [3.63, 3.8) is 0 Å². The Bertz CT molecular complexity index is 446. The molecule has 1 aromatic rings. The van der Waals surface area contributed by atoms with Crippen LogP contribution in [-0.4, -0.2) is 32.3 Å². The lowest BCUT2D eigenvalue weighted by Gasteiger charge is -2.30. The minimum atomic E-state index is 0.348. The molecule has 1 aliphatic heterocycles. The van der Waals surface area contributed by atoms with E-state index < -0.39 is 0 Å². The molecule has 0 bridgehead atoms. The van der Waals surface area contributed by atoms with E-state index in [0.717, 1.165) is 30.7 Å². The summed E-state index contributed by atoms with van der Waals surface area (Å²) in [6.07, 6.45) is 2.77. The van der Waals surface area contributed by atoms with E-state index in [4.69, 9.17) is 4.74 Å². The van der Waals surface area contributed by atoms with Crippen molar-refractivity contribution in [2.24, 2.45) is 0 Å². The molecule has 1 aliphatic rings. The van der Waals surface area contributed by atoms with Crippen LogP contribution in [0.2, 0.25) is 0 Å². The van der Waals surface area contributed by atoms with Gasteiger partial charge in [0.25, 0.3) is 0 Å². The Kier molecular flexibility index (Phi) is 6.52. The molecule has 4 heteroatoms. The summed E-state index contributed by atoms with van der Waals surface area (Å²) in [5.41, 5.74) is 2.68. The summed E-state index contributed by atoms with van der Waals surface area (Å²) in [7, 11) is 0. The van der Waals surface area contributed by atoms with Crippen molar-refractivity contribution in [2.75, 3.05) is 31.1 Å². The summed E-state index contributed by atoms with van der Waals surface area (Å²) >= 11 is 3.60. The highest BCUT2D eigenvalue weighted by molar-refractivity contribution is 9.10. The first kappa shape index (κ1) is 16.8. The van der Waals surface area contributed by atoms with E-state index in [1.807, 2.05) is 0 Å². The molecule has 21 heavy (non-hydrogen) atoms. The highest BCUT2D eigenvalue weighted by atomic mass is 79.9. The van der Waals surface area contributed by atoms with Gasteiger partial charge in [-0.3, -0.25) is 0 Å². The zero-order valence-corrected chi connectivity index (χ0v) is 14.9. The Morgan fingerprint density at radius 2 is 2.24 bits per heavy atom. The Balaban J connectivity index is 2.22. The molecule has 1 fully saturated rings. The molecular formula is C17H27BrN2O. The number of rotatable bonds is 7. The molecule has 3 nitrogen and oxygen atoms in total. The first-order valence-corrected chi connectivity index (χ1v) is 8.84. The van der Waals surface area contributed by atoms with E-state index in [0.29, 0.717) is 12.1 Å². The minimum Gasteiger partial charge on any atom is -0.376 e. The lowest BCUT2D eigenvalue weighted by Crippen LogP contribution is -2.33. The number of hydrogen-bond donors (Lipinski definition) is 1. The third-order valence-electron chi connectivity index (χ3n) is 4.14. The highest BCUT2D eigenvalue weighted by Gasteiger charge is 2.21. The van der Waals surface area contributed by atoms with Gasteiger partial charge in [0, 0.05) is 35.9 Å². The van der Waals surface area contributed by atoms with E-state index in [1.165, 1.54) is 24.1 Å². The number of nitrogens with one attached hydrogen (secondary N) is 1. The van der Waals surface area contributed by atoms with Crippen molar-refractivity contribution < 1.29 is 4.74 Å². The summed E-state index contributed by atoms with van der Waals surface area (Å²) in [6.45, 7) is 10.5. The maximum Gasteiger partial charge on any atom is 0.0750 e. The van der Waals surface area contributed by atoms with Crippen molar-refractivity contribution >= 4 is 21.6 Å². The number of hydrogen-bond acceptors (Lipinski definition) is 3. The Morgan fingerprint density at radius 1 is 1.43 bits per heavy atom. The van der Waals surface area contributed by atoms with Crippen molar-refractivity contribution in [3.8, 4) is 0 Å². The monoisotopic (exact) mass is 354 g/mol. The summed E-state index contributed by atoms with van der Waals surface area (Å²) in [5, 5.41) is 3.52. The van der Waals surface area contributed by atoms with Crippen LogP contribution in [0, 0.1) is 0 Å². The molecule has 1 aromatic carbocycles. The molecule has 0 aliphatic carbocycles. The van der Waals surface area contributed by atoms with Crippen molar-refractivity contribution in [2.45, 2.75) is 45.8 Å². The van der Waals surface area contributed by atoms with Crippen LogP contribution in [-0.2, 0) is 4.74 Å². The van der Waals surface area contributed by atoms with Crippen LogP contribution in [0.3, 0.4) is 0 Å². The second kappa shape index (κ2) is 8.16. The van der Waals surface area contributed by atoms with Crippen LogP contribution in [0.5, 0.6) is 0 Å². The number of likely N-dealkylation sites (N-methyl/N-ethyl adjacent to an activating group) is 1. The first-order chi connectivity index (χ1) is 10.2. The van der Waals surface area contributed by atoms with Gasteiger partial charge in [-0.25, -0.2) is 0 Å².